The number of hydrogen-bond donors (Lipinski definition) is 3. The third-order valence-corrected chi connectivity index (χ3v) is 7.26. The second kappa shape index (κ2) is 8.02. The number of ketones is 2. The smallest absolute Gasteiger partial charge is 0.257 e. The molecule has 0 saturated heterocycles. The van der Waals surface area contributed by atoms with Crippen LogP contribution in [0.2, 0.25) is 0 Å². The first-order chi connectivity index (χ1) is 14.3. The molecule has 162 valence electrons. The van der Waals surface area contributed by atoms with E-state index in [1.807, 2.05) is 0 Å². The van der Waals surface area contributed by atoms with Crippen molar-refractivity contribution in [2.24, 2.45) is 5.41 Å². The Balaban J connectivity index is 1.52. The average Bonchev–Trinajstić information content (AvgIpc) is 3.21. The summed E-state index contributed by atoms with van der Waals surface area (Å²) in [4.78, 5) is 38.4. The third kappa shape index (κ3) is 3.49. The topological polar surface area (TPSA) is 98.7 Å². The summed E-state index contributed by atoms with van der Waals surface area (Å²) in [6.07, 6.45) is 9.44. The van der Waals surface area contributed by atoms with E-state index in [1.54, 1.807) is 26.2 Å². The molecule has 3 unspecified atom stereocenters. The van der Waals surface area contributed by atoms with Gasteiger partial charge < -0.3 is 20.6 Å². The Labute approximate surface area is 177 Å². The Bertz CT molecular complexity index is 860. The zero-order valence-corrected chi connectivity index (χ0v) is 17.7. The first kappa shape index (κ1) is 20.8. The molecule has 0 radical (unpaired) electrons. The number of phenolic OH excluding ortho intramolecular Hbond substituents is 1. The molecule has 3 fully saturated rings. The summed E-state index contributed by atoms with van der Waals surface area (Å²) in [7, 11) is 3.22. The summed E-state index contributed by atoms with van der Waals surface area (Å²) in [5.41, 5.74) is 0.700. The molecule has 3 aliphatic rings. The van der Waals surface area contributed by atoms with Gasteiger partial charge in [0, 0.05) is 20.1 Å². The van der Waals surface area contributed by atoms with E-state index in [0.717, 1.165) is 12.8 Å². The zero-order chi connectivity index (χ0) is 21.5. The number of hydrogen-bond acceptors (Lipinski definition) is 6. The van der Waals surface area contributed by atoms with Crippen molar-refractivity contribution in [3.05, 3.63) is 23.8 Å². The van der Waals surface area contributed by atoms with Crippen LogP contribution >= 0.6 is 0 Å². The first-order valence-electron chi connectivity index (χ1n) is 11.0. The molecule has 3 saturated carbocycles. The lowest BCUT2D eigenvalue weighted by atomic mass is 9.68. The Hall–Kier alpha value is -2.41. The highest BCUT2D eigenvalue weighted by atomic mass is 16.3. The molecule has 0 heterocycles. The molecular formula is C23H31N3O4. The molecule has 1 aromatic carbocycles. The predicted molar refractivity (Wildman–Crippen MR) is 114 cm³/mol. The molecule has 7 nitrogen and oxygen atoms in total. The van der Waals surface area contributed by atoms with Crippen molar-refractivity contribution in [3.63, 3.8) is 0 Å². The Kier molecular flexibility index (Phi) is 5.57. The third-order valence-electron chi connectivity index (χ3n) is 7.26. The van der Waals surface area contributed by atoms with Crippen LogP contribution in [-0.2, 0) is 9.59 Å². The van der Waals surface area contributed by atoms with Crippen molar-refractivity contribution >= 4 is 23.2 Å². The summed E-state index contributed by atoms with van der Waals surface area (Å²) in [5, 5.41) is 17.1. The maximum atomic E-state index is 12.4. The molecule has 0 aliphatic heterocycles. The summed E-state index contributed by atoms with van der Waals surface area (Å²) in [6, 6.07) is 3.74. The number of rotatable bonds is 5. The quantitative estimate of drug-likeness (QED) is 0.507. The minimum Gasteiger partial charge on any atom is -0.505 e. The van der Waals surface area contributed by atoms with Crippen LogP contribution in [0.5, 0.6) is 5.75 Å². The van der Waals surface area contributed by atoms with E-state index < -0.39 is 23.7 Å². The molecule has 3 N–H and O–H groups in total. The van der Waals surface area contributed by atoms with Crippen molar-refractivity contribution in [1.29, 1.82) is 0 Å². The van der Waals surface area contributed by atoms with Crippen LogP contribution in [0.4, 0.5) is 5.69 Å². The predicted octanol–water partition coefficient (Wildman–Crippen LogP) is 2.49. The van der Waals surface area contributed by atoms with Gasteiger partial charge in [0.2, 0.25) is 11.6 Å². The van der Waals surface area contributed by atoms with E-state index in [-0.39, 0.29) is 28.7 Å². The van der Waals surface area contributed by atoms with Crippen molar-refractivity contribution in [1.82, 2.24) is 10.2 Å². The molecule has 0 aromatic heterocycles. The Morgan fingerprint density at radius 3 is 2.33 bits per heavy atom. The Morgan fingerprint density at radius 1 is 1.03 bits per heavy atom. The molecule has 0 bridgehead atoms. The fraction of sp³-hybridized carbons (Fsp3) is 0.609. The van der Waals surface area contributed by atoms with Crippen LogP contribution in [0.1, 0.15) is 61.7 Å². The number of benzene rings is 1. The van der Waals surface area contributed by atoms with Gasteiger partial charge in [0.05, 0.1) is 11.3 Å². The first-order valence-corrected chi connectivity index (χ1v) is 11.0. The van der Waals surface area contributed by atoms with E-state index in [2.05, 4.69) is 10.6 Å². The number of carbonyl (C=O) groups is 3. The van der Waals surface area contributed by atoms with Crippen LogP contribution in [-0.4, -0.2) is 59.7 Å². The van der Waals surface area contributed by atoms with Gasteiger partial charge in [-0.05, 0) is 43.2 Å². The number of anilines is 1. The van der Waals surface area contributed by atoms with E-state index in [9.17, 15) is 19.5 Å². The summed E-state index contributed by atoms with van der Waals surface area (Å²) in [6.45, 7) is 0. The minimum absolute atomic E-state index is 0.157. The number of nitrogens with zero attached hydrogens (tertiary/aromatic N) is 1. The molecule has 3 aliphatic carbocycles. The number of amides is 1. The lowest BCUT2D eigenvalue weighted by Crippen LogP contribution is -2.70. The molecule has 30 heavy (non-hydrogen) atoms. The van der Waals surface area contributed by atoms with Gasteiger partial charge in [-0.15, -0.1) is 0 Å². The van der Waals surface area contributed by atoms with Crippen LogP contribution in [0, 0.1) is 5.41 Å². The van der Waals surface area contributed by atoms with Crippen LogP contribution < -0.4 is 10.6 Å². The molecule has 7 heteroatoms. The number of phenols is 1. The van der Waals surface area contributed by atoms with Crippen LogP contribution in [0.15, 0.2) is 18.2 Å². The highest BCUT2D eigenvalue weighted by Gasteiger charge is 2.53. The molecular weight excluding hydrogens is 382 g/mol. The van der Waals surface area contributed by atoms with Gasteiger partial charge in [-0.25, -0.2) is 0 Å². The molecule has 1 aromatic rings. The summed E-state index contributed by atoms with van der Waals surface area (Å²) in [5.74, 6) is -1.40. The van der Waals surface area contributed by atoms with E-state index in [1.165, 1.54) is 49.5 Å². The van der Waals surface area contributed by atoms with E-state index >= 15 is 0 Å². The number of para-hydroxylation sites is 1. The van der Waals surface area contributed by atoms with Gasteiger partial charge in [0.25, 0.3) is 5.91 Å². The average molecular weight is 414 g/mol. The number of nitrogens with one attached hydrogen (secondary N) is 2. The fourth-order valence-electron chi connectivity index (χ4n) is 5.54. The standard InChI is InChI=1S/C23H31N3O4/c1-26(2)22(30)14-8-7-9-15(19(14)27)24-17-18(21(29)20(17)28)25-16-10-3-4-11-23(16)12-5-6-13-23/h7-9,16-18,24-25,27H,3-6,10-13H2,1-2H3. The largest absolute Gasteiger partial charge is 0.505 e. The SMILES string of the molecule is CN(C)C(=O)c1cccc(NC2C(=O)C(=O)C2NC2CCCCC23CCCC3)c1O. The van der Waals surface area contributed by atoms with Gasteiger partial charge in [-0.1, -0.05) is 31.7 Å². The van der Waals surface area contributed by atoms with Gasteiger partial charge in [0.1, 0.15) is 12.1 Å². The van der Waals surface area contributed by atoms with Crippen molar-refractivity contribution < 1.29 is 19.5 Å². The summed E-state index contributed by atoms with van der Waals surface area (Å²) >= 11 is 0. The van der Waals surface area contributed by atoms with Crippen LogP contribution in [0.3, 0.4) is 0 Å². The summed E-state index contributed by atoms with van der Waals surface area (Å²) < 4.78 is 0. The van der Waals surface area contributed by atoms with E-state index in [0.29, 0.717) is 5.69 Å². The molecule has 4 rings (SSSR count). The number of aromatic hydroxyl groups is 1. The molecule has 1 amide bonds. The van der Waals surface area contributed by atoms with Crippen molar-refractivity contribution in [3.8, 4) is 5.75 Å². The maximum absolute atomic E-state index is 12.4. The zero-order valence-electron chi connectivity index (χ0n) is 17.7. The normalized spacial score (nSPS) is 27.7. The Morgan fingerprint density at radius 2 is 1.67 bits per heavy atom. The fourth-order valence-corrected chi connectivity index (χ4v) is 5.54. The second-order valence-electron chi connectivity index (χ2n) is 9.26. The highest BCUT2D eigenvalue weighted by molar-refractivity contribution is 6.49. The minimum atomic E-state index is -0.728. The molecule has 3 atom stereocenters. The monoisotopic (exact) mass is 413 g/mol. The molecule has 1 spiro atoms. The van der Waals surface area contributed by atoms with Gasteiger partial charge in [-0.3, -0.25) is 14.4 Å². The van der Waals surface area contributed by atoms with Gasteiger partial charge in [0.15, 0.2) is 5.75 Å². The number of carbonyl (C=O) groups excluding carboxylic acids is 3. The lowest BCUT2D eigenvalue weighted by molar-refractivity contribution is -0.146. The van der Waals surface area contributed by atoms with Crippen LogP contribution in [0.25, 0.3) is 0 Å². The number of Topliss-reactive ketones (excluding diaryl/α,β-unsaturated/α-hetero) is 2. The second-order valence-corrected chi connectivity index (χ2v) is 9.26. The maximum Gasteiger partial charge on any atom is 0.257 e. The van der Waals surface area contributed by atoms with Crippen molar-refractivity contribution in [2.45, 2.75) is 69.5 Å². The van der Waals surface area contributed by atoms with Gasteiger partial charge >= 0.3 is 0 Å². The van der Waals surface area contributed by atoms with Crippen molar-refractivity contribution in [2.75, 3.05) is 19.4 Å². The van der Waals surface area contributed by atoms with E-state index in [4.69, 9.17) is 0 Å². The highest BCUT2D eigenvalue weighted by Crippen LogP contribution is 2.49. The lowest BCUT2D eigenvalue weighted by Gasteiger charge is -2.46. The van der Waals surface area contributed by atoms with Gasteiger partial charge in [-0.2, -0.15) is 0 Å².